The number of thiazole rings is 1. The zero-order valence-corrected chi connectivity index (χ0v) is 9.80. The second-order valence-electron chi connectivity index (χ2n) is 3.37. The van der Waals surface area contributed by atoms with Crippen LogP contribution in [0.4, 0.5) is 4.39 Å². The summed E-state index contributed by atoms with van der Waals surface area (Å²) in [6.07, 6.45) is -0.481. The monoisotopic (exact) mass is 257 g/mol. The van der Waals surface area contributed by atoms with Gasteiger partial charge in [-0.05, 0) is 23.8 Å². The molecule has 1 aromatic heterocycles. The number of rotatable bonds is 3. The lowest BCUT2D eigenvalue weighted by Crippen LogP contribution is -2.02. The summed E-state index contributed by atoms with van der Waals surface area (Å²) >= 11 is 7.31. The van der Waals surface area contributed by atoms with Crippen LogP contribution >= 0.6 is 22.9 Å². The third-order valence-corrected chi connectivity index (χ3v) is 3.19. The van der Waals surface area contributed by atoms with E-state index >= 15 is 0 Å². The van der Waals surface area contributed by atoms with E-state index in [1.807, 2.05) is 0 Å². The molecule has 0 aliphatic carbocycles. The van der Waals surface area contributed by atoms with E-state index in [2.05, 4.69) is 4.98 Å². The Morgan fingerprint density at radius 2 is 2.31 bits per heavy atom. The number of halogens is 2. The van der Waals surface area contributed by atoms with Gasteiger partial charge in [-0.2, -0.15) is 0 Å². The second-order valence-corrected chi connectivity index (χ2v) is 4.49. The van der Waals surface area contributed by atoms with Gasteiger partial charge >= 0.3 is 0 Å². The van der Waals surface area contributed by atoms with E-state index in [0.29, 0.717) is 16.3 Å². The largest absolute Gasteiger partial charge is 0.386 e. The van der Waals surface area contributed by atoms with Crippen LogP contribution in [0.2, 0.25) is 5.02 Å². The van der Waals surface area contributed by atoms with Gasteiger partial charge in [-0.25, -0.2) is 9.37 Å². The van der Waals surface area contributed by atoms with E-state index in [4.69, 9.17) is 11.6 Å². The first-order valence-corrected chi connectivity index (χ1v) is 5.99. The van der Waals surface area contributed by atoms with Crippen LogP contribution in [0.15, 0.2) is 29.1 Å². The van der Waals surface area contributed by atoms with Crippen molar-refractivity contribution in [3.8, 4) is 0 Å². The maximum atomic E-state index is 13.0. The molecule has 1 unspecified atom stereocenters. The number of nitrogens with zero attached hydrogens (tertiary/aromatic N) is 1. The minimum Gasteiger partial charge on any atom is -0.386 e. The van der Waals surface area contributed by atoms with Crippen molar-refractivity contribution < 1.29 is 9.50 Å². The number of hydrogen-bond donors (Lipinski definition) is 1. The number of benzene rings is 1. The molecule has 0 amide bonds. The summed E-state index contributed by atoms with van der Waals surface area (Å²) in [5.74, 6) is -0.357. The summed E-state index contributed by atoms with van der Waals surface area (Å²) in [7, 11) is 0. The Morgan fingerprint density at radius 3 is 3.00 bits per heavy atom. The van der Waals surface area contributed by atoms with E-state index in [9.17, 15) is 9.50 Å². The Balaban J connectivity index is 2.17. The third kappa shape index (κ3) is 2.58. The summed E-state index contributed by atoms with van der Waals surface area (Å²) < 4.78 is 13.0. The number of aliphatic hydroxyl groups is 1. The fraction of sp³-hybridized carbons (Fsp3) is 0.182. The highest BCUT2D eigenvalue weighted by Gasteiger charge is 2.13. The van der Waals surface area contributed by atoms with Gasteiger partial charge in [0.05, 0.1) is 11.2 Å². The summed E-state index contributed by atoms with van der Waals surface area (Å²) in [6, 6.07) is 4.11. The van der Waals surface area contributed by atoms with Gasteiger partial charge in [0, 0.05) is 16.8 Å². The van der Waals surface area contributed by atoms with Crippen molar-refractivity contribution in [3.05, 3.63) is 51.2 Å². The predicted molar refractivity (Wildman–Crippen MR) is 62.2 cm³/mol. The first-order valence-electron chi connectivity index (χ1n) is 4.67. The van der Waals surface area contributed by atoms with E-state index in [0.717, 1.165) is 0 Å². The Labute approximate surface area is 101 Å². The van der Waals surface area contributed by atoms with Gasteiger partial charge in [0.15, 0.2) is 0 Å². The molecule has 5 heteroatoms. The van der Waals surface area contributed by atoms with E-state index in [1.165, 1.54) is 29.5 Å². The molecule has 2 rings (SSSR count). The molecule has 0 fully saturated rings. The van der Waals surface area contributed by atoms with Crippen molar-refractivity contribution >= 4 is 22.9 Å². The number of aliphatic hydroxyl groups excluding tert-OH is 1. The third-order valence-electron chi connectivity index (χ3n) is 2.21. The van der Waals surface area contributed by atoms with Crippen LogP contribution < -0.4 is 0 Å². The zero-order chi connectivity index (χ0) is 11.5. The quantitative estimate of drug-likeness (QED) is 0.916. The molecule has 16 heavy (non-hydrogen) atoms. The van der Waals surface area contributed by atoms with E-state index < -0.39 is 6.10 Å². The molecule has 1 N–H and O–H groups in total. The average molecular weight is 258 g/mol. The molecule has 1 aromatic carbocycles. The van der Waals surface area contributed by atoms with Crippen LogP contribution in [0.25, 0.3) is 0 Å². The average Bonchev–Trinajstić information content (AvgIpc) is 2.76. The molecule has 84 valence electrons. The van der Waals surface area contributed by atoms with Gasteiger partial charge < -0.3 is 5.11 Å². The standard InChI is InChI=1S/C11H9ClFNOS/c12-9-2-1-8(13)3-7(9)4-11(15)10-5-16-6-14-10/h1-3,5-6,11,15H,4H2. The minimum atomic E-state index is -0.745. The summed E-state index contributed by atoms with van der Waals surface area (Å²) in [5, 5.41) is 12.1. The van der Waals surface area contributed by atoms with Crippen molar-refractivity contribution in [3.63, 3.8) is 0 Å². The molecule has 2 nitrogen and oxygen atoms in total. The maximum Gasteiger partial charge on any atom is 0.123 e. The fourth-order valence-corrected chi connectivity index (χ4v) is 2.19. The van der Waals surface area contributed by atoms with Crippen LogP contribution in [-0.2, 0) is 6.42 Å². The summed E-state index contributed by atoms with van der Waals surface area (Å²) in [6.45, 7) is 0. The first kappa shape index (κ1) is 11.5. The highest BCUT2D eigenvalue weighted by molar-refractivity contribution is 7.07. The molecule has 0 radical (unpaired) electrons. The van der Waals surface area contributed by atoms with Crippen molar-refractivity contribution in [1.29, 1.82) is 0 Å². The first-order chi connectivity index (χ1) is 7.66. The lowest BCUT2D eigenvalue weighted by Gasteiger charge is -2.09. The molecule has 0 spiro atoms. The molecular formula is C11H9ClFNOS. The number of aromatic nitrogens is 1. The molecule has 0 saturated carbocycles. The van der Waals surface area contributed by atoms with Gasteiger partial charge in [-0.1, -0.05) is 11.6 Å². The van der Waals surface area contributed by atoms with Crippen LogP contribution in [-0.4, -0.2) is 10.1 Å². The topological polar surface area (TPSA) is 33.1 Å². The SMILES string of the molecule is OC(Cc1cc(F)ccc1Cl)c1cscn1. The fourth-order valence-electron chi connectivity index (χ4n) is 1.40. The van der Waals surface area contributed by atoms with Crippen LogP contribution in [0.3, 0.4) is 0 Å². The van der Waals surface area contributed by atoms with Gasteiger partial charge in [0.2, 0.25) is 0 Å². The lowest BCUT2D eigenvalue weighted by atomic mass is 10.1. The molecule has 1 atom stereocenters. The van der Waals surface area contributed by atoms with Gasteiger partial charge in [-0.15, -0.1) is 11.3 Å². The number of hydrogen-bond acceptors (Lipinski definition) is 3. The van der Waals surface area contributed by atoms with Crippen molar-refractivity contribution in [1.82, 2.24) is 4.98 Å². The molecular weight excluding hydrogens is 249 g/mol. The molecule has 0 aliphatic rings. The molecule has 0 saturated heterocycles. The predicted octanol–water partition coefficient (Wildman–Crippen LogP) is 3.21. The summed E-state index contributed by atoms with van der Waals surface area (Å²) in [5.41, 5.74) is 2.82. The van der Waals surface area contributed by atoms with Crippen molar-refractivity contribution in [2.75, 3.05) is 0 Å². The van der Waals surface area contributed by atoms with E-state index in [-0.39, 0.29) is 12.2 Å². The highest BCUT2D eigenvalue weighted by Crippen LogP contribution is 2.24. The molecule has 1 heterocycles. The van der Waals surface area contributed by atoms with Crippen molar-refractivity contribution in [2.45, 2.75) is 12.5 Å². The van der Waals surface area contributed by atoms with Crippen LogP contribution in [0.5, 0.6) is 0 Å². The second kappa shape index (κ2) is 4.91. The molecule has 2 aromatic rings. The van der Waals surface area contributed by atoms with Crippen LogP contribution in [0, 0.1) is 5.82 Å². The molecule has 0 bridgehead atoms. The molecule has 0 aliphatic heterocycles. The Kier molecular flexibility index (Phi) is 3.53. The minimum absolute atomic E-state index is 0.264. The van der Waals surface area contributed by atoms with Gasteiger partial charge in [0.25, 0.3) is 0 Å². The van der Waals surface area contributed by atoms with Gasteiger partial charge in [-0.3, -0.25) is 0 Å². The smallest absolute Gasteiger partial charge is 0.123 e. The zero-order valence-electron chi connectivity index (χ0n) is 8.23. The van der Waals surface area contributed by atoms with E-state index in [1.54, 1.807) is 10.9 Å². The maximum absolute atomic E-state index is 13.0. The lowest BCUT2D eigenvalue weighted by molar-refractivity contribution is 0.174. The Bertz CT molecular complexity index is 475. The van der Waals surface area contributed by atoms with Gasteiger partial charge in [0.1, 0.15) is 11.9 Å². The summed E-state index contributed by atoms with van der Waals surface area (Å²) in [4.78, 5) is 4.00. The Hall–Kier alpha value is -0.970. The highest BCUT2D eigenvalue weighted by atomic mass is 35.5. The van der Waals surface area contributed by atoms with Crippen LogP contribution in [0.1, 0.15) is 17.4 Å². The Morgan fingerprint density at radius 1 is 1.50 bits per heavy atom. The normalized spacial score (nSPS) is 12.7. The van der Waals surface area contributed by atoms with Crippen molar-refractivity contribution in [2.24, 2.45) is 0 Å².